The molecule has 9 heteroatoms. The molecule has 8 nitrogen and oxygen atoms in total. The average molecular weight is 476 g/mol. The van der Waals surface area contributed by atoms with E-state index < -0.39 is 0 Å². The first-order valence-electron chi connectivity index (χ1n) is 12.3. The zero-order chi connectivity index (χ0) is 24.4. The minimum atomic E-state index is -0.378. The number of aryl methyl sites for hydroxylation is 2. The Morgan fingerprint density at radius 3 is 2.54 bits per heavy atom. The van der Waals surface area contributed by atoms with E-state index in [1.165, 1.54) is 0 Å². The van der Waals surface area contributed by atoms with Gasteiger partial charge in [-0.15, -0.1) is 0 Å². The second-order valence-electron chi connectivity index (χ2n) is 8.95. The molecule has 0 atom stereocenters. The molecule has 1 N–H and O–H groups in total. The van der Waals surface area contributed by atoms with E-state index in [-0.39, 0.29) is 23.8 Å². The van der Waals surface area contributed by atoms with Crippen LogP contribution in [0.25, 0.3) is 22.2 Å². The largest absolute Gasteiger partial charge is 0.472 e. The Bertz CT molecular complexity index is 1310. The van der Waals surface area contributed by atoms with Crippen molar-refractivity contribution in [2.24, 2.45) is 0 Å². The summed E-state index contributed by atoms with van der Waals surface area (Å²) in [5.74, 6) is 1.35. The fourth-order valence-corrected chi connectivity index (χ4v) is 4.62. The molecular formula is C26H30FN7O. The van der Waals surface area contributed by atoms with Gasteiger partial charge < -0.3 is 10.1 Å². The van der Waals surface area contributed by atoms with Crippen LogP contribution in [0.5, 0.6) is 5.88 Å². The lowest BCUT2D eigenvalue weighted by Crippen LogP contribution is -2.27. The van der Waals surface area contributed by atoms with Gasteiger partial charge in [-0.1, -0.05) is 6.92 Å². The molecule has 1 aliphatic rings. The summed E-state index contributed by atoms with van der Waals surface area (Å²) in [7, 11) is 0. The molecule has 1 aliphatic carbocycles. The summed E-state index contributed by atoms with van der Waals surface area (Å²) in [4.78, 5) is 17.6. The molecule has 182 valence electrons. The van der Waals surface area contributed by atoms with Gasteiger partial charge in [0, 0.05) is 54.8 Å². The first-order chi connectivity index (χ1) is 17.1. The molecule has 1 fully saturated rings. The van der Waals surface area contributed by atoms with Crippen molar-refractivity contribution in [3.05, 3.63) is 54.1 Å². The number of anilines is 1. The minimum absolute atomic E-state index is 0.0645. The molecule has 4 heterocycles. The summed E-state index contributed by atoms with van der Waals surface area (Å²) < 4.78 is 22.4. The predicted molar refractivity (Wildman–Crippen MR) is 133 cm³/mol. The number of hydrogen-bond acceptors (Lipinski definition) is 7. The third kappa shape index (κ3) is 4.67. The summed E-state index contributed by atoms with van der Waals surface area (Å²) in [6, 6.07) is 3.91. The van der Waals surface area contributed by atoms with Gasteiger partial charge in [0.2, 0.25) is 0 Å². The van der Waals surface area contributed by atoms with Gasteiger partial charge in [-0.2, -0.15) is 5.10 Å². The first kappa shape index (κ1) is 23.1. The lowest BCUT2D eigenvalue weighted by atomic mass is 9.93. The number of halogens is 1. The Balaban J connectivity index is 1.42. The molecule has 0 aliphatic heterocycles. The van der Waals surface area contributed by atoms with Gasteiger partial charge in [0.25, 0.3) is 5.88 Å². The van der Waals surface area contributed by atoms with Gasteiger partial charge in [0.1, 0.15) is 23.4 Å². The van der Waals surface area contributed by atoms with Crippen LogP contribution in [-0.2, 0) is 6.42 Å². The van der Waals surface area contributed by atoms with Crippen LogP contribution >= 0.6 is 0 Å². The number of pyridine rings is 2. The van der Waals surface area contributed by atoms with E-state index in [1.54, 1.807) is 19.2 Å². The van der Waals surface area contributed by atoms with E-state index in [0.717, 1.165) is 72.5 Å². The fraction of sp³-hybridized carbons (Fsp3) is 0.423. The molecule has 5 rings (SSSR count). The Hall–Kier alpha value is -3.62. The van der Waals surface area contributed by atoms with Crippen molar-refractivity contribution in [1.29, 1.82) is 0 Å². The number of hydrogen-bond donors (Lipinski definition) is 1. The van der Waals surface area contributed by atoms with Gasteiger partial charge in [-0.25, -0.2) is 24.3 Å². The average Bonchev–Trinajstić information content (AvgIpc) is 3.26. The topological polar surface area (TPSA) is 90.6 Å². The van der Waals surface area contributed by atoms with E-state index in [9.17, 15) is 4.39 Å². The molecule has 0 aromatic carbocycles. The second kappa shape index (κ2) is 9.93. The smallest absolute Gasteiger partial charge is 0.250 e. The summed E-state index contributed by atoms with van der Waals surface area (Å²) in [5, 5.41) is 9.30. The van der Waals surface area contributed by atoms with Crippen LogP contribution in [0.4, 0.5) is 10.2 Å². The third-order valence-corrected chi connectivity index (χ3v) is 6.56. The Morgan fingerprint density at radius 1 is 1.06 bits per heavy atom. The molecule has 4 aromatic rings. The highest BCUT2D eigenvalue weighted by Crippen LogP contribution is 2.36. The lowest BCUT2D eigenvalue weighted by molar-refractivity contribution is 0.120. The zero-order valence-corrected chi connectivity index (χ0v) is 20.3. The van der Waals surface area contributed by atoms with Crippen molar-refractivity contribution in [3.63, 3.8) is 0 Å². The van der Waals surface area contributed by atoms with Crippen molar-refractivity contribution in [1.82, 2.24) is 29.7 Å². The Labute approximate surface area is 204 Å². The molecule has 0 unspecified atom stereocenters. The van der Waals surface area contributed by atoms with Gasteiger partial charge in [0.05, 0.1) is 11.6 Å². The van der Waals surface area contributed by atoms with Gasteiger partial charge >= 0.3 is 0 Å². The molecule has 0 amide bonds. The first-order valence-corrected chi connectivity index (χ1v) is 12.3. The molecule has 35 heavy (non-hydrogen) atoms. The number of rotatable bonds is 7. The number of nitrogens with zero attached hydrogens (tertiary/aromatic N) is 6. The zero-order valence-electron chi connectivity index (χ0n) is 20.3. The highest BCUT2D eigenvalue weighted by atomic mass is 19.1. The summed E-state index contributed by atoms with van der Waals surface area (Å²) >= 11 is 0. The monoisotopic (exact) mass is 475 g/mol. The quantitative estimate of drug-likeness (QED) is 0.388. The molecule has 0 radical (unpaired) electrons. The molecule has 0 saturated heterocycles. The van der Waals surface area contributed by atoms with Crippen LogP contribution in [0, 0.1) is 12.7 Å². The summed E-state index contributed by atoms with van der Waals surface area (Å²) in [6.07, 6.45) is 11.2. The van der Waals surface area contributed by atoms with E-state index in [2.05, 4.69) is 42.9 Å². The Kier molecular flexibility index (Phi) is 6.57. The maximum absolute atomic E-state index is 14.4. The highest BCUT2D eigenvalue weighted by Gasteiger charge is 2.28. The molecule has 1 saturated carbocycles. The Morgan fingerprint density at radius 2 is 1.83 bits per heavy atom. The third-order valence-electron chi connectivity index (χ3n) is 6.56. The predicted octanol–water partition coefficient (Wildman–Crippen LogP) is 5.29. The van der Waals surface area contributed by atoms with E-state index >= 15 is 0 Å². The van der Waals surface area contributed by atoms with E-state index in [0.29, 0.717) is 5.56 Å². The maximum atomic E-state index is 14.4. The van der Waals surface area contributed by atoms with Gasteiger partial charge in [-0.3, -0.25) is 4.68 Å². The number of fused-ring (bicyclic) bond motifs is 1. The van der Waals surface area contributed by atoms with Crippen molar-refractivity contribution in [2.45, 2.75) is 65.0 Å². The van der Waals surface area contributed by atoms with Crippen LogP contribution in [0.3, 0.4) is 0 Å². The minimum Gasteiger partial charge on any atom is -0.472 e. The molecular weight excluding hydrogens is 445 g/mol. The molecule has 4 aromatic heterocycles. The maximum Gasteiger partial charge on any atom is 0.250 e. The van der Waals surface area contributed by atoms with Crippen molar-refractivity contribution in [2.75, 3.05) is 11.9 Å². The fourth-order valence-electron chi connectivity index (χ4n) is 4.62. The number of aromatic nitrogens is 6. The second-order valence-corrected chi connectivity index (χ2v) is 8.95. The molecule has 0 bridgehead atoms. The van der Waals surface area contributed by atoms with Crippen molar-refractivity contribution < 1.29 is 9.13 Å². The van der Waals surface area contributed by atoms with E-state index in [1.807, 2.05) is 25.5 Å². The molecule has 0 spiro atoms. The highest BCUT2D eigenvalue weighted by molar-refractivity contribution is 5.93. The van der Waals surface area contributed by atoms with Crippen LogP contribution in [0.2, 0.25) is 0 Å². The standard InChI is InChI=1S/C26H30FN7O/c1-4-22-30-13-17(14-31-22)25-20-15-32-23(28-5-2)12-21(20)34(33-25)18-6-8-19(9-7-18)35-26-24(27)16(3)10-11-29-26/h10-15,18-19H,4-9H2,1-3H3,(H,28,32). The number of nitrogens with one attached hydrogen (secondary N) is 1. The normalized spacial score (nSPS) is 18.1. The van der Waals surface area contributed by atoms with Crippen LogP contribution in [0.1, 0.15) is 57.0 Å². The summed E-state index contributed by atoms with van der Waals surface area (Å²) in [6.45, 7) is 6.60. The van der Waals surface area contributed by atoms with Crippen LogP contribution in [0.15, 0.2) is 36.9 Å². The SMILES string of the molecule is CCNc1cc2c(cn1)c(-c1cnc(CC)nc1)nn2C1CCC(Oc2nccc(C)c2F)CC1. The van der Waals surface area contributed by atoms with Gasteiger partial charge in [-0.05, 0) is 51.2 Å². The summed E-state index contributed by atoms with van der Waals surface area (Å²) in [5.41, 5.74) is 3.28. The van der Waals surface area contributed by atoms with Crippen molar-refractivity contribution in [3.8, 4) is 17.1 Å². The lowest BCUT2D eigenvalue weighted by Gasteiger charge is -2.29. The van der Waals surface area contributed by atoms with Gasteiger partial charge in [0.15, 0.2) is 5.82 Å². The van der Waals surface area contributed by atoms with Crippen molar-refractivity contribution >= 4 is 16.7 Å². The van der Waals surface area contributed by atoms with E-state index in [4.69, 9.17) is 9.84 Å². The van der Waals surface area contributed by atoms with Crippen LogP contribution < -0.4 is 10.1 Å². The van der Waals surface area contributed by atoms with Crippen LogP contribution in [-0.4, -0.2) is 42.4 Å². The number of ether oxygens (including phenoxy) is 1.